The van der Waals surface area contributed by atoms with Crippen LogP contribution in [0.2, 0.25) is 0 Å². The molecule has 0 aliphatic carbocycles. The summed E-state index contributed by atoms with van der Waals surface area (Å²) in [7, 11) is 2.11. The Kier molecular flexibility index (Phi) is 9.69. The Labute approximate surface area is 241 Å². The van der Waals surface area contributed by atoms with Gasteiger partial charge in [-0.05, 0) is 81.4 Å². The predicted octanol–water partition coefficient (Wildman–Crippen LogP) is 3.81. The van der Waals surface area contributed by atoms with E-state index in [1.54, 1.807) is 69.6 Å². The molecule has 4 rings (SSSR count). The molecule has 2 aromatic carbocycles. The molecule has 0 bridgehead atoms. The molecular weight excluding hydrogens is 520 g/mol. The number of anilines is 1. The van der Waals surface area contributed by atoms with E-state index in [2.05, 4.69) is 32.6 Å². The van der Waals surface area contributed by atoms with Crippen molar-refractivity contribution in [2.75, 3.05) is 51.3 Å². The quantitative estimate of drug-likeness (QED) is 0.425. The van der Waals surface area contributed by atoms with Gasteiger partial charge in [-0.1, -0.05) is 18.2 Å². The van der Waals surface area contributed by atoms with Crippen LogP contribution in [0.1, 0.15) is 41.5 Å². The van der Waals surface area contributed by atoms with Crippen molar-refractivity contribution in [2.45, 2.75) is 26.4 Å². The van der Waals surface area contributed by atoms with Crippen LogP contribution in [-0.4, -0.2) is 84.6 Å². The van der Waals surface area contributed by atoms with Crippen molar-refractivity contribution < 1.29 is 19.1 Å². The summed E-state index contributed by atoms with van der Waals surface area (Å²) in [5.41, 5.74) is 4.89. The summed E-state index contributed by atoms with van der Waals surface area (Å²) in [5.74, 6) is -0.718. The summed E-state index contributed by atoms with van der Waals surface area (Å²) in [6, 6.07) is 17.2. The minimum atomic E-state index is -0.769. The maximum absolute atomic E-state index is 13.2. The van der Waals surface area contributed by atoms with Gasteiger partial charge in [-0.3, -0.25) is 24.9 Å². The van der Waals surface area contributed by atoms with Gasteiger partial charge in [-0.15, -0.1) is 0 Å². The van der Waals surface area contributed by atoms with Crippen molar-refractivity contribution in [2.24, 2.45) is 0 Å². The van der Waals surface area contributed by atoms with Crippen molar-refractivity contribution in [3.8, 4) is 11.1 Å². The molecule has 1 saturated heterocycles. The average molecular weight is 559 g/mol. The van der Waals surface area contributed by atoms with E-state index in [1.165, 1.54) is 0 Å². The van der Waals surface area contributed by atoms with Gasteiger partial charge in [0.05, 0.1) is 5.69 Å². The van der Waals surface area contributed by atoms with Crippen LogP contribution in [0.15, 0.2) is 73.1 Å². The van der Waals surface area contributed by atoms with Gasteiger partial charge in [-0.25, -0.2) is 4.79 Å². The van der Waals surface area contributed by atoms with E-state index in [-0.39, 0.29) is 5.91 Å². The molecule has 1 aliphatic rings. The minimum absolute atomic E-state index is 0.199. The Bertz CT molecular complexity index is 1320. The molecule has 3 amide bonds. The van der Waals surface area contributed by atoms with E-state index < -0.39 is 17.6 Å². The van der Waals surface area contributed by atoms with E-state index in [1.807, 2.05) is 24.3 Å². The number of ether oxygens (including phenoxy) is 1. The van der Waals surface area contributed by atoms with Crippen LogP contribution in [0, 0.1) is 0 Å². The number of hydrazine groups is 1. The van der Waals surface area contributed by atoms with Crippen LogP contribution < -0.4 is 15.8 Å². The molecule has 41 heavy (non-hydrogen) atoms. The third kappa shape index (κ3) is 8.60. The zero-order valence-corrected chi connectivity index (χ0v) is 24.1. The van der Waals surface area contributed by atoms with E-state index in [9.17, 15) is 14.4 Å². The first-order chi connectivity index (χ1) is 19.6. The number of carbonyl (C=O) groups excluding carboxylic acids is 3. The SMILES string of the molecule is CN1CCN(CCNC(=O)c2ccc(C(=O)NN(C(=O)OC(C)(C)C)c3ccc(-c4cccnc4)cc3)cc2)CC1. The van der Waals surface area contributed by atoms with Crippen LogP contribution in [-0.2, 0) is 4.74 Å². The number of amides is 3. The normalized spacial score (nSPS) is 14.2. The van der Waals surface area contributed by atoms with Crippen molar-refractivity contribution in [3.63, 3.8) is 0 Å². The number of benzene rings is 2. The lowest BCUT2D eigenvalue weighted by Gasteiger charge is -2.32. The standard InChI is InChI=1S/C31H38N6O4/c1-31(2,3)41-30(40)37(27-13-11-23(12-14-27)26-6-5-15-32-22-26)34-29(39)25-9-7-24(8-10-25)28(38)33-16-17-36-20-18-35(4)19-21-36/h5-15,22H,16-21H2,1-4H3,(H,33,38)(H,34,39). The van der Waals surface area contributed by atoms with Crippen molar-refractivity contribution >= 4 is 23.6 Å². The molecular formula is C31H38N6O4. The molecule has 0 atom stereocenters. The van der Waals surface area contributed by atoms with Crippen LogP contribution in [0.25, 0.3) is 11.1 Å². The highest BCUT2D eigenvalue weighted by molar-refractivity contribution is 6.01. The molecule has 10 nitrogen and oxygen atoms in total. The number of nitrogens with one attached hydrogen (secondary N) is 2. The van der Waals surface area contributed by atoms with Gasteiger partial charge in [0.25, 0.3) is 11.8 Å². The number of nitrogens with zero attached hydrogens (tertiary/aromatic N) is 4. The number of piperazine rings is 1. The van der Waals surface area contributed by atoms with Crippen LogP contribution >= 0.6 is 0 Å². The van der Waals surface area contributed by atoms with Gasteiger partial charge in [-0.2, -0.15) is 5.01 Å². The zero-order valence-electron chi connectivity index (χ0n) is 24.1. The summed E-state index contributed by atoms with van der Waals surface area (Å²) >= 11 is 0. The predicted molar refractivity (Wildman–Crippen MR) is 159 cm³/mol. The van der Waals surface area contributed by atoms with Crippen LogP contribution in [0.4, 0.5) is 10.5 Å². The second-order valence-corrected chi connectivity index (χ2v) is 11.0. The lowest BCUT2D eigenvalue weighted by atomic mass is 10.1. The van der Waals surface area contributed by atoms with Crippen molar-refractivity contribution in [3.05, 3.63) is 84.2 Å². The lowest BCUT2D eigenvalue weighted by molar-refractivity contribution is 0.0548. The number of hydrogen-bond acceptors (Lipinski definition) is 7. The van der Waals surface area contributed by atoms with E-state index >= 15 is 0 Å². The average Bonchev–Trinajstić information content (AvgIpc) is 2.96. The Morgan fingerprint density at radius 3 is 2.10 bits per heavy atom. The van der Waals surface area contributed by atoms with E-state index in [0.29, 0.717) is 23.4 Å². The second kappa shape index (κ2) is 13.4. The molecule has 1 aromatic heterocycles. The second-order valence-electron chi connectivity index (χ2n) is 11.0. The summed E-state index contributed by atoms with van der Waals surface area (Å²) in [6.07, 6.45) is 2.72. The summed E-state index contributed by atoms with van der Waals surface area (Å²) in [6.45, 7) is 10.6. The highest BCUT2D eigenvalue weighted by atomic mass is 16.6. The number of carbonyl (C=O) groups is 3. The highest BCUT2D eigenvalue weighted by Gasteiger charge is 2.26. The number of rotatable bonds is 7. The molecule has 3 aromatic rings. The van der Waals surface area contributed by atoms with E-state index in [4.69, 9.17) is 4.74 Å². The zero-order chi connectivity index (χ0) is 29.4. The van der Waals surface area contributed by atoms with Crippen LogP contribution in [0.5, 0.6) is 0 Å². The fourth-order valence-electron chi connectivity index (χ4n) is 4.30. The summed E-state index contributed by atoms with van der Waals surface area (Å²) < 4.78 is 5.55. The third-order valence-electron chi connectivity index (χ3n) is 6.63. The fraction of sp³-hybridized carbons (Fsp3) is 0.355. The molecule has 2 N–H and O–H groups in total. The largest absolute Gasteiger partial charge is 0.442 e. The van der Waals surface area contributed by atoms with Gasteiger partial charge in [0.15, 0.2) is 0 Å². The molecule has 1 aliphatic heterocycles. The first kappa shape index (κ1) is 29.7. The van der Waals surface area contributed by atoms with Crippen molar-refractivity contribution in [1.29, 1.82) is 0 Å². The van der Waals surface area contributed by atoms with Gasteiger partial charge >= 0.3 is 6.09 Å². The maximum Gasteiger partial charge on any atom is 0.434 e. The number of hydrogen-bond donors (Lipinski definition) is 2. The molecule has 216 valence electrons. The van der Waals surface area contributed by atoms with Crippen molar-refractivity contribution in [1.82, 2.24) is 25.5 Å². The Morgan fingerprint density at radius 2 is 1.51 bits per heavy atom. The topological polar surface area (TPSA) is 107 Å². The first-order valence-corrected chi connectivity index (χ1v) is 13.7. The Hall–Kier alpha value is -4.28. The molecule has 0 saturated carbocycles. The lowest BCUT2D eigenvalue weighted by Crippen LogP contribution is -2.48. The fourth-order valence-corrected chi connectivity index (χ4v) is 4.30. The maximum atomic E-state index is 13.2. The number of likely N-dealkylation sites (N-methyl/N-ethyl adjacent to an activating group) is 1. The van der Waals surface area contributed by atoms with Crippen LogP contribution in [0.3, 0.4) is 0 Å². The molecule has 10 heteroatoms. The molecule has 2 heterocycles. The Balaban J connectivity index is 1.40. The summed E-state index contributed by atoms with van der Waals surface area (Å²) in [5, 5.41) is 4.03. The third-order valence-corrected chi connectivity index (χ3v) is 6.63. The molecule has 0 radical (unpaired) electrons. The number of pyridine rings is 1. The summed E-state index contributed by atoms with van der Waals surface area (Å²) in [4.78, 5) is 47.6. The molecule has 1 fully saturated rings. The van der Waals surface area contributed by atoms with Gasteiger partial charge < -0.3 is 15.0 Å². The van der Waals surface area contributed by atoms with Gasteiger partial charge in [0.2, 0.25) is 0 Å². The minimum Gasteiger partial charge on any atom is -0.442 e. The monoisotopic (exact) mass is 558 g/mol. The molecule has 0 unspecified atom stereocenters. The smallest absolute Gasteiger partial charge is 0.434 e. The molecule has 0 spiro atoms. The van der Waals surface area contributed by atoms with Gasteiger partial charge in [0, 0.05) is 62.8 Å². The first-order valence-electron chi connectivity index (χ1n) is 13.7. The van der Waals surface area contributed by atoms with E-state index in [0.717, 1.165) is 48.9 Å². The van der Waals surface area contributed by atoms with Gasteiger partial charge in [0.1, 0.15) is 5.60 Å². The Morgan fingerprint density at radius 1 is 0.878 bits per heavy atom. The number of aromatic nitrogens is 1. The highest BCUT2D eigenvalue weighted by Crippen LogP contribution is 2.23.